The molecular weight excluding hydrogens is 300 g/mol. The largest absolute Gasteiger partial charge is 0.352 e. The predicted molar refractivity (Wildman–Crippen MR) is 93.6 cm³/mol. The third-order valence-electron chi connectivity index (χ3n) is 4.37. The molecule has 0 saturated heterocycles. The van der Waals surface area contributed by atoms with Crippen LogP contribution in [-0.4, -0.2) is 26.7 Å². The minimum atomic E-state index is 0.00431. The number of aromatic nitrogens is 3. The number of fused-ring (bicyclic) bond motifs is 1. The molecule has 0 unspecified atom stereocenters. The van der Waals surface area contributed by atoms with Crippen LogP contribution >= 0.6 is 0 Å². The van der Waals surface area contributed by atoms with Crippen molar-refractivity contribution in [3.63, 3.8) is 0 Å². The monoisotopic (exact) mass is 320 g/mol. The van der Waals surface area contributed by atoms with E-state index in [-0.39, 0.29) is 12.5 Å². The number of nitrogens with zero attached hydrogens (tertiary/aromatic N) is 3. The van der Waals surface area contributed by atoms with E-state index in [0.29, 0.717) is 6.04 Å². The first-order chi connectivity index (χ1) is 11.6. The Hall–Kier alpha value is -2.69. The van der Waals surface area contributed by atoms with E-state index in [2.05, 4.69) is 46.6 Å². The molecule has 1 fully saturated rings. The highest BCUT2D eigenvalue weighted by molar-refractivity contribution is 5.95. The van der Waals surface area contributed by atoms with Crippen molar-refractivity contribution in [1.29, 1.82) is 0 Å². The Kier molecular flexibility index (Phi) is 3.56. The molecule has 122 valence electrons. The van der Waals surface area contributed by atoms with Crippen LogP contribution in [0, 0.1) is 13.8 Å². The van der Waals surface area contributed by atoms with Gasteiger partial charge in [-0.25, -0.2) is 9.67 Å². The molecule has 1 N–H and O–H groups in total. The van der Waals surface area contributed by atoms with E-state index >= 15 is 0 Å². The molecule has 2 aromatic heterocycles. The van der Waals surface area contributed by atoms with Crippen LogP contribution in [0.2, 0.25) is 0 Å². The van der Waals surface area contributed by atoms with Crippen molar-refractivity contribution in [3.05, 3.63) is 47.8 Å². The number of carbonyl (C=O) groups is 1. The van der Waals surface area contributed by atoms with Crippen LogP contribution in [-0.2, 0) is 11.3 Å². The Morgan fingerprint density at radius 1 is 1.29 bits per heavy atom. The topological polar surface area (TPSA) is 59.8 Å². The molecule has 1 saturated carbocycles. The van der Waals surface area contributed by atoms with Crippen molar-refractivity contribution in [3.8, 4) is 11.1 Å². The molecule has 0 spiro atoms. The van der Waals surface area contributed by atoms with Crippen LogP contribution in [0.15, 0.2) is 36.5 Å². The van der Waals surface area contributed by atoms with Gasteiger partial charge in [0, 0.05) is 17.6 Å². The molecule has 0 aliphatic heterocycles. The molecular formula is C19H20N4O. The van der Waals surface area contributed by atoms with Crippen molar-refractivity contribution >= 4 is 16.9 Å². The van der Waals surface area contributed by atoms with Gasteiger partial charge in [0.1, 0.15) is 6.54 Å². The Labute approximate surface area is 140 Å². The quantitative estimate of drug-likeness (QED) is 0.804. The Morgan fingerprint density at radius 3 is 2.88 bits per heavy atom. The lowest BCUT2D eigenvalue weighted by molar-refractivity contribution is -0.121. The van der Waals surface area contributed by atoms with Crippen molar-refractivity contribution in [2.75, 3.05) is 0 Å². The number of hydrogen-bond acceptors (Lipinski definition) is 3. The zero-order valence-electron chi connectivity index (χ0n) is 13.9. The fraction of sp³-hybridized carbons (Fsp3) is 0.316. The highest BCUT2D eigenvalue weighted by Gasteiger charge is 2.24. The van der Waals surface area contributed by atoms with E-state index in [1.165, 1.54) is 5.56 Å². The second kappa shape index (κ2) is 5.74. The zero-order chi connectivity index (χ0) is 16.7. The Morgan fingerprint density at radius 2 is 2.12 bits per heavy atom. The number of carbonyl (C=O) groups excluding carboxylic acids is 1. The Balaban J connectivity index is 1.76. The summed E-state index contributed by atoms with van der Waals surface area (Å²) in [7, 11) is 0. The highest BCUT2D eigenvalue weighted by atomic mass is 16.2. The van der Waals surface area contributed by atoms with Gasteiger partial charge in [-0.3, -0.25) is 4.79 Å². The summed E-state index contributed by atoms with van der Waals surface area (Å²) >= 11 is 0. The third-order valence-corrected chi connectivity index (χ3v) is 4.37. The summed E-state index contributed by atoms with van der Waals surface area (Å²) in [6.45, 7) is 4.27. The number of nitrogens with one attached hydrogen (secondary N) is 1. The van der Waals surface area contributed by atoms with E-state index < -0.39 is 0 Å². The third kappa shape index (κ3) is 2.77. The first kappa shape index (κ1) is 14.9. The normalized spacial score (nSPS) is 14.1. The number of benzene rings is 1. The molecule has 0 bridgehead atoms. The standard InChI is InChI=1S/C19H20N4O/c1-12-4-3-5-14(10-12)16-8-9-20-19-18(16)13(2)22-23(19)11-17(24)21-15-6-7-15/h3-5,8-10,15H,6-7,11H2,1-2H3,(H,21,24). The van der Waals surface area contributed by atoms with E-state index in [9.17, 15) is 4.79 Å². The maximum absolute atomic E-state index is 12.1. The molecule has 0 radical (unpaired) electrons. The van der Waals surface area contributed by atoms with Gasteiger partial charge in [0.2, 0.25) is 5.91 Å². The molecule has 5 nitrogen and oxygen atoms in total. The predicted octanol–water partition coefficient (Wildman–Crippen LogP) is 2.99. The summed E-state index contributed by atoms with van der Waals surface area (Å²) in [5.41, 5.74) is 5.13. The van der Waals surface area contributed by atoms with Gasteiger partial charge in [-0.05, 0) is 43.9 Å². The van der Waals surface area contributed by atoms with E-state index in [0.717, 1.165) is 40.7 Å². The average molecular weight is 320 g/mol. The molecule has 24 heavy (non-hydrogen) atoms. The number of aryl methyl sites for hydroxylation is 2. The second-order valence-corrected chi connectivity index (χ2v) is 6.51. The molecule has 0 atom stereocenters. The van der Waals surface area contributed by atoms with Crippen molar-refractivity contribution < 1.29 is 4.79 Å². The fourth-order valence-corrected chi connectivity index (χ4v) is 3.08. The number of amides is 1. The van der Waals surface area contributed by atoms with Crippen LogP contribution in [0.25, 0.3) is 22.2 Å². The SMILES string of the molecule is Cc1cccc(-c2ccnc3c2c(C)nn3CC(=O)NC2CC2)c1. The van der Waals surface area contributed by atoms with Crippen LogP contribution < -0.4 is 5.32 Å². The van der Waals surface area contributed by atoms with Crippen molar-refractivity contribution in [1.82, 2.24) is 20.1 Å². The lowest BCUT2D eigenvalue weighted by Crippen LogP contribution is -2.29. The van der Waals surface area contributed by atoms with Gasteiger partial charge < -0.3 is 5.32 Å². The van der Waals surface area contributed by atoms with Crippen LogP contribution in [0.5, 0.6) is 0 Å². The summed E-state index contributed by atoms with van der Waals surface area (Å²) < 4.78 is 1.71. The minimum absolute atomic E-state index is 0.00431. The molecule has 5 heteroatoms. The molecule has 4 rings (SSSR count). The number of hydrogen-bond donors (Lipinski definition) is 1. The van der Waals surface area contributed by atoms with Gasteiger partial charge in [0.25, 0.3) is 0 Å². The lowest BCUT2D eigenvalue weighted by Gasteiger charge is -2.06. The number of pyridine rings is 1. The van der Waals surface area contributed by atoms with E-state index in [4.69, 9.17) is 0 Å². The van der Waals surface area contributed by atoms with Crippen molar-refractivity contribution in [2.24, 2.45) is 0 Å². The molecule has 2 heterocycles. The highest BCUT2D eigenvalue weighted by Crippen LogP contribution is 2.30. The van der Waals surface area contributed by atoms with Gasteiger partial charge in [0.05, 0.1) is 5.69 Å². The molecule has 3 aromatic rings. The van der Waals surface area contributed by atoms with Crippen LogP contribution in [0.1, 0.15) is 24.1 Å². The first-order valence-corrected chi connectivity index (χ1v) is 8.30. The average Bonchev–Trinajstić information content (AvgIpc) is 3.31. The minimum Gasteiger partial charge on any atom is -0.352 e. The Bertz CT molecular complexity index is 924. The zero-order valence-corrected chi connectivity index (χ0v) is 13.9. The number of rotatable bonds is 4. The summed E-state index contributed by atoms with van der Waals surface area (Å²) in [5, 5.41) is 8.58. The fourth-order valence-electron chi connectivity index (χ4n) is 3.08. The van der Waals surface area contributed by atoms with Gasteiger partial charge in [-0.2, -0.15) is 5.10 Å². The van der Waals surface area contributed by atoms with Crippen LogP contribution in [0.3, 0.4) is 0 Å². The summed E-state index contributed by atoms with van der Waals surface area (Å²) in [6, 6.07) is 10.8. The smallest absolute Gasteiger partial charge is 0.242 e. The van der Waals surface area contributed by atoms with Gasteiger partial charge in [-0.1, -0.05) is 29.8 Å². The maximum atomic E-state index is 12.1. The molecule has 1 aromatic carbocycles. The molecule has 1 amide bonds. The van der Waals surface area contributed by atoms with Gasteiger partial charge >= 0.3 is 0 Å². The summed E-state index contributed by atoms with van der Waals surface area (Å²) in [6.07, 6.45) is 3.96. The van der Waals surface area contributed by atoms with E-state index in [1.54, 1.807) is 10.9 Å². The lowest BCUT2D eigenvalue weighted by atomic mass is 10.0. The van der Waals surface area contributed by atoms with E-state index in [1.807, 2.05) is 13.0 Å². The maximum Gasteiger partial charge on any atom is 0.242 e. The summed E-state index contributed by atoms with van der Waals surface area (Å²) in [4.78, 5) is 16.6. The van der Waals surface area contributed by atoms with Gasteiger partial charge in [-0.15, -0.1) is 0 Å². The molecule has 1 aliphatic rings. The summed E-state index contributed by atoms with van der Waals surface area (Å²) in [5.74, 6) is 0.00431. The second-order valence-electron chi connectivity index (χ2n) is 6.51. The first-order valence-electron chi connectivity index (χ1n) is 8.30. The van der Waals surface area contributed by atoms with Crippen LogP contribution in [0.4, 0.5) is 0 Å². The molecule has 1 aliphatic carbocycles. The van der Waals surface area contributed by atoms with Crippen molar-refractivity contribution in [2.45, 2.75) is 39.3 Å². The van der Waals surface area contributed by atoms with Gasteiger partial charge in [0.15, 0.2) is 5.65 Å².